The van der Waals surface area contributed by atoms with E-state index in [-0.39, 0.29) is 18.2 Å². The molecule has 3 aromatic carbocycles. The molecule has 0 N–H and O–H groups in total. The van der Waals surface area contributed by atoms with E-state index in [1.807, 2.05) is 97.9 Å². The van der Waals surface area contributed by atoms with Gasteiger partial charge in [0.25, 0.3) is 0 Å². The zero-order chi connectivity index (χ0) is 28.5. The first-order valence-electron chi connectivity index (χ1n) is 13.5. The molecule has 9 heteroatoms. The number of hydrogen-bond acceptors (Lipinski definition) is 8. The number of aromatic nitrogens is 1. The van der Waals surface area contributed by atoms with Crippen molar-refractivity contribution in [3.8, 4) is 0 Å². The molecule has 5 rings (SSSR count). The summed E-state index contributed by atoms with van der Waals surface area (Å²) in [5.41, 5.74) is 2.84. The summed E-state index contributed by atoms with van der Waals surface area (Å²) in [6.45, 7) is 2.57. The summed E-state index contributed by atoms with van der Waals surface area (Å²) < 4.78 is 57.5. The van der Waals surface area contributed by atoms with E-state index in [1.165, 1.54) is 12.3 Å². The summed E-state index contributed by atoms with van der Waals surface area (Å²) in [5, 5.41) is -0.220. The molecule has 0 radical (unpaired) electrons. The van der Waals surface area contributed by atoms with Gasteiger partial charge in [-0.15, -0.1) is 0 Å². The lowest BCUT2D eigenvalue weighted by Gasteiger charge is -2.44. The molecule has 214 valence electrons. The highest BCUT2D eigenvalue weighted by molar-refractivity contribution is 7.86. The van der Waals surface area contributed by atoms with Crippen molar-refractivity contribution in [3.05, 3.63) is 132 Å². The monoisotopic (exact) mass is 575 g/mol. The average molecular weight is 576 g/mol. The van der Waals surface area contributed by atoms with Crippen molar-refractivity contribution in [1.29, 1.82) is 0 Å². The molecule has 1 aliphatic heterocycles. The Kier molecular flexibility index (Phi) is 9.89. The summed E-state index contributed by atoms with van der Waals surface area (Å²) >= 11 is 0. The van der Waals surface area contributed by atoms with Crippen LogP contribution in [-0.4, -0.2) is 44.1 Å². The molecule has 1 aromatic heterocycles. The Morgan fingerprint density at radius 3 is 1.59 bits per heavy atom. The van der Waals surface area contributed by atoms with Crippen LogP contribution in [0.1, 0.15) is 23.6 Å². The van der Waals surface area contributed by atoms with E-state index in [0.29, 0.717) is 6.61 Å². The van der Waals surface area contributed by atoms with Crippen LogP contribution < -0.4 is 0 Å². The Balaban J connectivity index is 1.45. The van der Waals surface area contributed by atoms with E-state index in [2.05, 4.69) is 4.98 Å². The second-order valence-electron chi connectivity index (χ2n) is 9.71. The van der Waals surface area contributed by atoms with Gasteiger partial charge in [0.15, 0.2) is 5.03 Å². The number of hydrogen-bond donors (Lipinski definition) is 0. The summed E-state index contributed by atoms with van der Waals surface area (Å²) in [5.74, 6) is 0. The van der Waals surface area contributed by atoms with Gasteiger partial charge in [-0.2, -0.15) is 8.42 Å². The van der Waals surface area contributed by atoms with Gasteiger partial charge in [0.1, 0.15) is 18.3 Å². The van der Waals surface area contributed by atoms with Gasteiger partial charge in [-0.1, -0.05) is 97.1 Å². The molecule has 41 heavy (non-hydrogen) atoms. The molecule has 2 heterocycles. The maximum atomic E-state index is 13.2. The molecule has 0 saturated carbocycles. The van der Waals surface area contributed by atoms with Crippen LogP contribution in [0.3, 0.4) is 0 Å². The van der Waals surface area contributed by atoms with Crippen LogP contribution in [0, 0.1) is 0 Å². The molecule has 1 fully saturated rings. The highest BCUT2D eigenvalue weighted by Gasteiger charge is 2.49. The fourth-order valence-corrected chi connectivity index (χ4v) is 5.55. The normalized spacial score (nSPS) is 22.8. The average Bonchev–Trinajstić information content (AvgIpc) is 3.01. The number of rotatable bonds is 12. The predicted molar refractivity (Wildman–Crippen MR) is 152 cm³/mol. The van der Waals surface area contributed by atoms with Crippen molar-refractivity contribution in [2.24, 2.45) is 0 Å². The Bertz CT molecular complexity index is 1440. The number of benzene rings is 3. The van der Waals surface area contributed by atoms with Gasteiger partial charge in [-0.3, -0.25) is 0 Å². The second kappa shape index (κ2) is 14.0. The fraction of sp³-hybridized carbons (Fsp3) is 0.281. The quantitative estimate of drug-likeness (QED) is 0.211. The molecule has 1 aliphatic rings. The molecule has 0 amide bonds. The molecule has 0 aliphatic carbocycles. The third-order valence-corrected chi connectivity index (χ3v) is 7.90. The van der Waals surface area contributed by atoms with Crippen molar-refractivity contribution in [2.45, 2.75) is 62.5 Å². The smallest absolute Gasteiger partial charge is 0.317 e. The largest absolute Gasteiger partial charge is 0.368 e. The third kappa shape index (κ3) is 7.85. The Morgan fingerprint density at radius 2 is 1.10 bits per heavy atom. The van der Waals surface area contributed by atoms with Gasteiger partial charge in [0.05, 0.1) is 25.9 Å². The topological polar surface area (TPSA) is 93.2 Å². The molecule has 4 aromatic rings. The van der Waals surface area contributed by atoms with E-state index in [1.54, 1.807) is 12.1 Å². The van der Waals surface area contributed by atoms with Crippen molar-refractivity contribution in [3.63, 3.8) is 0 Å². The standard InChI is InChI=1S/C32H33NO7S/c1-24-29(36-21-25-13-5-2-6-14-25)30(37-22-26-15-7-3-8-16-26)31(38-23-27-17-9-4-10-18-27)32(39-24)40-41(34,35)28-19-11-12-20-33-28/h2-20,24,29-32H,21-23H2,1H3/t24-,29+,30+,31-,32+/m0/s1. The zero-order valence-corrected chi connectivity index (χ0v) is 23.5. The van der Waals surface area contributed by atoms with Crippen molar-refractivity contribution < 1.29 is 31.5 Å². The van der Waals surface area contributed by atoms with Crippen molar-refractivity contribution in [2.75, 3.05) is 0 Å². The van der Waals surface area contributed by atoms with E-state index >= 15 is 0 Å². The van der Waals surface area contributed by atoms with E-state index in [9.17, 15) is 8.42 Å². The Labute approximate surface area is 241 Å². The maximum Gasteiger partial charge on any atom is 0.317 e. The van der Waals surface area contributed by atoms with Gasteiger partial charge < -0.3 is 18.9 Å². The second-order valence-corrected chi connectivity index (χ2v) is 11.2. The lowest BCUT2D eigenvalue weighted by Crippen LogP contribution is -2.60. The lowest BCUT2D eigenvalue weighted by molar-refractivity contribution is -0.299. The highest BCUT2D eigenvalue weighted by atomic mass is 32.2. The highest BCUT2D eigenvalue weighted by Crippen LogP contribution is 2.32. The zero-order valence-electron chi connectivity index (χ0n) is 22.7. The molecular formula is C32H33NO7S. The van der Waals surface area contributed by atoms with Gasteiger partial charge in [0, 0.05) is 6.20 Å². The van der Waals surface area contributed by atoms with Crippen LogP contribution in [0.15, 0.2) is 120 Å². The maximum absolute atomic E-state index is 13.2. The minimum Gasteiger partial charge on any atom is -0.368 e. The number of ether oxygens (including phenoxy) is 4. The summed E-state index contributed by atoms with van der Waals surface area (Å²) in [6, 6.07) is 33.7. The van der Waals surface area contributed by atoms with E-state index in [4.69, 9.17) is 23.1 Å². The van der Waals surface area contributed by atoms with Crippen LogP contribution in [0.25, 0.3) is 0 Å². The molecule has 0 bridgehead atoms. The van der Waals surface area contributed by atoms with Gasteiger partial charge in [-0.25, -0.2) is 9.17 Å². The van der Waals surface area contributed by atoms with Crippen LogP contribution >= 0.6 is 0 Å². The third-order valence-electron chi connectivity index (χ3n) is 6.70. The number of pyridine rings is 1. The first kappa shape index (κ1) is 29.1. The first-order chi connectivity index (χ1) is 20.0. The summed E-state index contributed by atoms with van der Waals surface area (Å²) in [6.07, 6.45) is -2.76. The molecule has 0 unspecified atom stereocenters. The summed E-state index contributed by atoms with van der Waals surface area (Å²) in [7, 11) is -4.27. The van der Waals surface area contributed by atoms with Crippen LogP contribution in [-0.2, 0) is 53.1 Å². The van der Waals surface area contributed by atoms with Gasteiger partial charge >= 0.3 is 10.1 Å². The SMILES string of the molecule is C[C@@H]1O[C@H](OS(=O)(=O)c2ccccn2)[C@@H](OCc2ccccc2)[C@H](OCc2ccccc2)[C@@H]1OCc1ccccc1. The van der Waals surface area contributed by atoms with Gasteiger partial charge in [0.2, 0.25) is 6.29 Å². The van der Waals surface area contributed by atoms with Crippen LogP contribution in [0.4, 0.5) is 0 Å². The summed E-state index contributed by atoms with van der Waals surface area (Å²) in [4.78, 5) is 3.96. The lowest BCUT2D eigenvalue weighted by atomic mass is 9.98. The fourth-order valence-electron chi connectivity index (χ4n) is 4.62. The molecule has 0 spiro atoms. The molecule has 8 nitrogen and oxygen atoms in total. The van der Waals surface area contributed by atoms with Crippen molar-refractivity contribution >= 4 is 10.1 Å². The molecule has 1 saturated heterocycles. The minimum atomic E-state index is -4.27. The Hall–Kier alpha value is -3.44. The minimum absolute atomic E-state index is 0.184. The predicted octanol–water partition coefficient (Wildman–Crippen LogP) is 5.29. The van der Waals surface area contributed by atoms with Crippen LogP contribution in [0.2, 0.25) is 0 Å². The van der Waals surface area contributed by atoms with Crippen molar-refractivity contribution in [1.82, 2.24) is 4.98 Å². The first-order valence-corrected chi connectivity index (χ1v) is 14.9. The Morgan fingerprint density at radius 1 is 0.634 bits per heavy atom. The van der Waals surface area contributed by atoms with E-state index in [0.717, 1.165) is 16.7 Å². The van der Waals surface area contributed by atoms with Gasteiger partial charge in [-0.05, 0) is 35.7 Å². The number of nitrogens with zero attached hydrogens (tertiary/aromatic N) is 1. The van der Waals surface area contributed by atoms with E-state index < -0.39 is 40.8 Å². The van der Waals surface area contributed by atoms with Crippen LogP contribution in [0.5, 0.6) is 0 Å². The molecule has 5 atom stereocenters. The molecular weight excluding hydrogens is 542 g/mol.